The van der Waals surface area contributed by atoms with Crippen LogP contribution in [0.4, 0.5) is 0 Å². The predicted octanol–water partition coefficient (Wildman–Crippen LogP) is 2.38. The smallest absolute Gasteiger partial charge is 0.120 e. The van der Waals surface area contributed by atoms with Crippen LogP contribution in [0.3, 0.4) is 0 Å². The van der Waals surface area contributed by atoms with Crippen molar-refractivity contribution in [3.8, 4) is 0 Å². The molecule has 0 aromatic carbocycles. The van der Waals surface area contributed by atoms with Gasteiger partial charge in [-0.3, -0.25) is 0 Å². The average molecular weight is 155 g/mol. The minimum atomic E-state index is 0.872. The Balaban J connectivity index is 2.23. The van der Waals surface area contributed by atoms with Crippen molar-refractivity contribution in [2.45, 2.75) is 39.0 Å². The molecule has 1 aliphatic carbocycles. The summed E-state index contributed by atoms with van der Waals surface area (Å²) in [5, 5.41) is 0. The van der Waals surface area contributed by atoms with Gasteiger partial charge in [-0.1, -0.05) is 6.42 Å². The molecule has 11 heavy (non-hydrogen) atoms. The zero-order valence-corrected chi connectivity index (χ0v) is 7.23. The van der Waals surface area contributed by atoms with Gasteiger partial charge >= 0.3 is 0 Å². The fourth-order valence-corrected chi connectivity index (χ4v) is 1.24. The Bertz CT molecular complexity index is 132. The van der Waals surface area contributed by atoms with Crippen molar-refractivity contribution in [3.05, 3.63) is 11.8 Å². The second-order valence-electron chi connectivity index (χ2n) is 2.87. The van der Waals surface area contributed by atoms with Gasteiger partial charge in [0.1, 0.15) is 5.76 Å². The number of allylic oxidation sites excluding steroid dienone is 2. The molecule has 0 saturated heterocycles. The summed E-state index contributed by atoms with van der Waals surface area (Å²) in [4.78, 5) is 5.32. The Morgan fingerprint density at radius 2 is 2.36 bits per heavy atom. The lowest BCUT2D eigenvalue weighted by Crippen LogP contribution is -2.12. The second-order valence-corrected chi connectivity index (χ2v) is 2.87. The zero-order valence-electron chi connectivity index (χ0n) is 7.23. The number of hydroxylamine groups is 1. The molecule has 0 aromatic rings. The molecular formula is C9H17NO. The Morgan fingerprint density at radius 1 is 1.45 bits per heavy atom. The lowest BCUT2D eigenvalue weighted by Gasteiger charge is -2.06. The first-order chi connectivity index (χ1) is 5.43. The maximum atomic E-state index is 5.32. The highest BCUT2D eigenvalue weighted by molar-refractivity contribution is 4.94. The molecule has 2 nitrogen and oxygen atoms in total. The summed E-state index contributed by atoms with van der Waals surface area (Å²) in [5.74, 6) is 1.13. The standard InChI is InChI=1S/C9H17NO/c1-2-10-11-9-7-5-3-4-6-8-9/h7,10H,2-6,8H2,1H3. The van der Waals surface area contributed by atoms with Crippen molar-refractivity contribution >= 4 is 0 Å². The van der Waals surface area contributed by atoms with E-state index in [0.717, 1.165) is 18.7 Å². The van der Waals surface area contributed by atoms with Crippen LogP contribution in [-0.4, -0.2) is 6.54 Å². The van der Waals surface area contributed by atoms with Crippen LogP contribution in [0.25, 0.3) is 0 Å². The third-order valence-corrected chi connectivity index (χ3v) is 1.85. The summed E-state index contributed by atoms with van der Waals surface area (Å²) in [6.45, 7) is 2.91. The van der Waals surface area contributed by atoms with Crippen LogP contribution in [0.5, 0.6) is 0 Å². The van der Waals surface area contributed by atoms with Gasteiger partial charge in [0.05, 0.1) is 0 Å². The van der Waals surface area contributed by atoms with E-state index in [1.165, 1.54) is 25.7 Å². The van der Waals surface area contributed by atoms with Crippen molar-refractivity contribution in [1.29, 1.82) is 0 Å². The van der Waals surface area contributed by atoms with E-state index in [1.54, 1.807) is 0 Å². The van der Waals surface area contributed by atoms with Crippen molar-refractivity contribution in [2.75, 3.05) is 6.54 Å². The number of hydrogen-bond donors (Lipinski definition) is 1. The molecule has 0 spiro atoms. The predicted molar refractivity (Wildman–Crippen MR) is 45.9 cm³/mol. The molecule has 1 aliphatic rings. The summed E-state index contributed by atoms with van der Waals surface area (Å²) < 4.78 is 0. The molecule has 0 fully saturated rings. The quantitative estimate of drug-likeness (QED) is 0.632. The SMILES string of the molecule is CCNOC1=CCCCCC1. The molecule has 64 valence electrons. The molecule has 0 unspecified atom stereocenters. The molecule has 0 atom stereocenters. The van der Waals surface area contributed by atoms with Crippen LogP contribution in [0.2, 0.25) is 0 Å². The lowest BCUT2D eigenvalue weighted by atomic mass is 10.2. The number of nitrogens with one attached hydrogen (secondary N) is 1. The summed E-state index contributed by atoms with van der Waals surface area (Å²) >= 11 is 0. The van der Waals surface area contributed by atoms with Gasteiger partial charge in [-0.05, 0) is 32.3 Å². The highest BCUT2D eigenvalue weighted by Gasteiger charge is 2.02. The summed E-state index contributed by atoms with van der Waals surface area (Å²) in [7, 11) is 0. The fraction of sp³-hybridized carbons (Fsp3) is 0.778. The Hall–Kier alpha value is -0.500. The molecule has 0 radical (unpaired) electrons. The minimum absolute atomic E-state index is 0.872. The molecule has 0 aromatic heterocycles. The Kier molecular flexibility index (Phi) is 4.06. The first kappa shape index (κ1) is 8.60. The second kappa shape index (κ2) is 5.19. The fourth-order valence-electron chi connectivity index (χ4n) is 1.24. The van der Waals surface area contributed by atoms with E-state index < -0.39 is 0 Å². The third-order valence-electron chi connectivity index (χ3n) is 1.85. The largest absolute Gasteiger partial charge is 0.414 e. The van der Waals surface area contributed by atoms with Gasteiger partial charge in [0.2, 0.25) is 0 Å². The van der Waals surface area contributed by atoms with Gasteiger partial charge in [-0.2, -0.15) is 5.48 Å². The van der Waals surface area contributed by atoms with Gasteiger partial charge in [0.25, 0.3) is 0 Å². The van der Waals surface area contributed by atoms with Gasteiger partial charge < -0.3 is 4.84 Å². The molecular weight excluding hydrogens is 138 g/mol. The van der Waals surface area contributed by atoms with E-state index in [-0.39, 0.29) is 0 Å². The van der Waals surface area contributed by atoms with Gasteiger partial charge in [0.15, 0.2) is 0 Å². The molecule has 0 aliphatic heterocycles. The normalized spacial score (nSPS) is 18.8. The first-order valence-electron chi connectivity index (χ1n) is 4.52. The van der Waals surface area contributed by atoms with E-state index in [0.29, 0.717) is 0 Å². The molecule has 0 saturated carbocycles. The van der Waals surface area contributed by atoms with Crippen LogP contribution in [0.1, 0.15) is 39.0 Å². The molecule has 1 N–H and O–H groups in total. The number of hydrogen-bond acceptors (Lipinski definition) is 2. The molecule has 0 amide bonds. The van der Waals surface area contributed by atoms with Crippen molar-refractivity contribution in [2.24, 2.45) is 0 Å². The maximum Gasteiger partial charge on any atom is 0.120 e. The summed E-state index contributed by atoms with van der Waals surface area (Å²) in [6, 6.07) is 0. The van der Waals surface area contributed by atoms with Crippen LogP contribution in [0.15, 0.2) is 11.8 Å². The molecule has 1 rings (SSSR count). The molecule has 0 heterocycles. The van der Waals surface area contributed by atoms with Gasteiger partial charge in [0, 0.05) is 13.0 Å². The zero-order chi connectivity index (χ0) is 7.94. The number of rotatable bonds is 3. The van der Waals surface area contributed by atoms with Crippen LogP contribution in [0, 0.1) is 0 Å². The highest BCUT2D eigenvalue weighted by Crippen LogP contribution is 2.16. The average Bonchev–Trinajstić information content (AvgIpc) is 2.28. The molecule has 0 bridgehead atoms. The first-order valence-corrected chi connectivity index (χ1v) is 4.52. The maximum absolute atomic E-state index is 5.32. The minimum Gasteiger partial charge on any atom is -0.414 e. The van der Waals surface area contributed by atoms with Gasteiger partial charge in [-0.25, -0.2) is 0 Å². The monoisotopic (exact) mass is 155 g/mol. The van der Waals surface area contributed by atoms with Crippen molar-refractivity contribution in [1.82, 2.24) is 5.48 Å². The van der Waals surface area contributed by atoms with Gasteiger partial charge in [-0.15, -0.1) is 0 Å². The van der Waals surface area contributed by atoms with E-state index in [2.05, 4.69) is 11.6 Å². The van der Waals surface area contributed by atoms with E-state index >= 15 is 0 Å². The van der Waals surface area contributed by atoms with Crippen LogP contribution in [-0.2, 0) is 4.84 Å². The Labute approximate surface area is 68.6 Å². The van der Waals surface area contributed by atoms with Crippen LogP contribution >= 0.6 is 0 Å². The van der Waals surface area contributed by atoms with E-state index in [4.69, 9.17) is 4.84 Å². The summed E-state index contributed by atoms with van der Waals surface area (Å²) in [6.07, 6.45) is 8.43. The van der Waals surface area contributed by atoms with Crippen molar-refractivity contribution in [3.63, 3.8) is 0 Å². The lowest BCUT2D eigenvalue weighted by molar-refractivity contribution is 0.102. The van der Waals surface area contributed by atoms with E-state index in [1.807, 2.05) is 6.92 Å². The van der Waals surface area contributed by atoms with E-state index in [9.17, 15) is 0 Å². The van der Waals surface area contributed by atoms with Crippen LogP contribution < -0.4 is 5.48 Å². The third kappa shape index (κ3) is 3.42. The van der Waals surface area contributed by atoms with Crippen molar-refractivity contribution < 1.29 is 4.84 Å². The highest BCUT2D eigenvalue weighted by atomic mass is 16.6. The summed E-state index contributed by atoms with van der Waals surface area (Å²) in [5.41, 5.74) is 2.88. The Morgan fingerprint density at radius 3 is 3.18 bits per heavy atom. The topological polar surface area (TPSA) is 21.3 Å². The molecule has 2 heteroatoms.